The zero-order chi connectivity index (χ0) is 7.56. The average Bonchev–Trinajstić information content (AvgIpc) is 1.85. The van der Waals surface area contributed by atoms with Gasteiger partial charge in [-0.2, -0.15) is 0 Å². The Kier molecular flexibility index (Phi) is 2.72. The smallest absolute Gasteiger partial charge is 0.0545 e. The molecule has 0 saturated heterocycles. The molecule has 0 spiro atoms. The summed E-state index contributed by atoms with van der Waals surface area (Å²) in [5.41, 5.74) is 0. The Bertz CT molecular complexity index is 90.9. The molecule has 0 aliphatic heterocycles. The molecule has 0 heterocycles. The van der Waals surface area contributed by atoms with E-state index in [1.165, 1.54) is 12.8 Å². The standard InChI is InChI=1S/C9H18O/c1-3-8-4-7(2)5-9(10)6-8/h7-10H,3-6H2,1-2H3/t7-,8+,9-/m0/s1. The zero-order valence-corrected chi connectivity index (χ0v) is 7.01. The van der Waals surface area contributed by atoms with Gasteiger partial charge in [0.1, 0.15) is 0 Å². The molecular weight excluding hydrogens is 124 g/mol. The SMILES string of the molecule is CC[C@@H]1C[C@H](C)C[C@H](O)C1. The first kappa shape index (κ1) is 8.06. The van der Waals surface area contributed by atoms with Crippen molar-refractivity contribution in [3.63, 3.8) is 0 Å². The van der Waals surface area contributed by atoms with Gasteiger partial charge in [0, 0.05) is 0 Å². The molecule has 1 nitrogen and oxygen atoms in total. The largest absolute Gasteiger partial charge is 0.393 e. The van der Waals surface area contributed by atoms with Gasteiger partial charge in [-0.3, -0.25) is 0 Å². The normalized spacial score (nSPS) is 41.7. The maximum atomic E-state index is 9.38. The molecule has 1 saturated carbocycles. The van der Waals surface area contributed by atoms with Gasteiger partial charge in [-0.25, -0.2) is 0 Å². The van der Waals surface area contributed by atoms with Gasteiger partial charge >= 0.3 is 0 Å². The summed E-state index contributed by atoms with van der Waals surface area (Å²) < 4.78 is 0. The molecule has 10 heavy (non-hydrogen) atoms. The Morgan fingerprint density at radius 2 is 2.00 bits per heavy atom. The monoisotopic (exact) mass is 142 g/mol. The Labute approximate surface area is 63.4 Å². The van der Waals surface area contributed by atoms with Gasteiger partial charge in [0.15, 0.2) is 0 Å². The van der Waals surface area contributed by atoms with Crippen LogP contribution in [0.25, 0.3) is 0 Å². The van der Waals surface area contributed by atoms with Crippen LogP contribution in [0.15, 0.2) is 0 Å². The molecule has 1 fully saturated rings. The van der Waals surface area contributed by atoms with Gasteiger partial charge in [-0.15, -0.1) is 0 Å². The second-order valence-corrected chi connectivity index (χ2v) is 3.74. The van der Waals surface area contributed by atoms with Crippen LogP contribution in [0.4, 0.5) is 0 Å². The van der Waals surface area contributed by atoms with Gasteiger partial charge in [0.2, 0.25) is 0 Å². The van der Waals surface area contributed by atoms with Crippen molar-refractivity contribution in [2.75, 3.05) is 0 Å². The van der Waals surface area contributed by atoms with Crippen LogP contribution in [0, 0.1) is 11.8 Å². The van der Waals surface area contributed by atoms with E-state index in [1.807, 2.05) is 0 Å². The minimum absolute atomic E-state index is 0.00583. The van der Waals surface area contributed by atoms with Gasteiger partial charge < -0.3 is 5.11 Å². The first-order chi connectivity index (χ1) is 4.72. The predicted molar refractivity (Wildman–Crippen MR) is 42.8 cm³/mol. The molecule has 1 rings (SSSR count). The molecule has 0 radical (unpaired) electrons. The van der Waals surface area contributed by atoms with Crippen molar-refractivity contribution in [2.24, 2.45) is 11.8 Å². The van der Waals surface area contributed by atoms with Crippen LogP contribution in [-0.4, -0.2) is 11.2 Å². The van der Waals surface area contributed by atoms with E-state index in [-0.39, 0.29) is 6.10 Å². The van der Waals surface area contributed by atoms with Crippen LogP contribution in [0.5, 0.6) is 0 Å². The first-order valence-corrected chi connectivity index (χ1v) is 4.40. The van der Waals surface area contributed by atoms with Crippen LogP contribution in [0.3, 0.4) is 0 Å². The zero-order valence-electron chi connectivity index (χ0n) is 7.01. The summed E-state index contributed by atoms with van der Waals surface area (Å²) in [7, 11) is 0. The fourth-order valence-electron chi connectivity index (χ4n) is 2.04. The van der Waals surface area contributed by atoms with Crippen LogP contribution in [-0.2, 0) is 0 Å². The molecule has 1 aliphatic carbocycles. The molecule has 0 aromatic carbocycles. The van der Waals surface area contributed by atoms with Crippen molar-refractivity contribution < 1.29 is 5.11 Å². The van der Waals surface area contributed by atoms with E-state index in [0.29, 0.717) is 0 Å². The van der Waals surface area contributed by atoms with Gasteiger partial charge in [-0.1, -0.05) is 20.3 Å². The van der Waals surface area contributed by atoms with Crippen LogP contribution in [0.2, 0.25) is 0 Å². The molecule has 1 heteroatoms. The third-order valence-electron chi connectivity index (χ3n) is 2.59. The van der Waals surface area contributed by atoms with Crippen molar-refractivity contribution >= 4 is 0 Å². The molecular formula is C9H18O. The summed E-state index contributed by atoms with van der Waals surface area (Å²) in [5.74, 6) is 1.53. The Morgan fingerprint density at radius 3 is 2.50 bits per heavy atom. The van der Waals surface area contributed by atoms with E-state index in [0.717, 1.165) is 24.7 Å². The second kappa shape index (κ2) is 3.38. The van der Waals surface area contributed by atoms with Crippen molar-refractivity contribution in [2.45, 2.75) is 45.6 Å². The lowest BCUT2D eigenvalue weighted by molar-refractivity contribution is 0.0738. The molecule has 1 aliphatic rings. The van der Waals surface area contributed by atoms with Crippen molar-refractivity contribution in [1.29, 1.82) is 0 Å². The lowest BCUT2D eigenvalue weighted by atomic mass is 9.80. The minimum atomic E-state index is -0.00583. The van der Waals surface area contributed by atoms with Crippen molar-refractivity contribution in [3.05, 3.63) is 0 Å². The van der Waals surface area contributed by atoms with E-state index >= 15 is 0 Å². The summed E-state index contributed by atoms with van der Waals surface area (Å²) in [6.07, 6.45) is 4.63. The Balaban J connectivity index is 2.35. The minimum Gasteiger partial charge on any atom is -0.393 e. The molecule has 3 atom stereocenters. The first-order valence-electron chi connectivity index (χ1n) is 4.40. The highest BCUT2D eigenvalue weighted by Crippen LogP contribution is 2.30. The highest BCUT2D eigenvalue weighted by atomic mass is 16.3. The second-order valence-electron chi connectivity index (χ2n) is 3.74. The number of rotatable bonds is 1. The topological polar surface area (TPSA) is 20.2 Å². The molecule has 0 bridgehead atoms. The maximum absolute atomic E-state index is 9.38. The van der Waals surface area contributed by atoms with E-state index in [9.17, 15) is 5.11 Å². The summed E-state index contributed by atoms with van der Waals surface area (Å²) in [6.45, 7) is 4.46. The summed E-state index contributed by atoms with van der Waals surface area (Å²) >= 11 is 0. The highest BCUT2D eigenvalue weighted by Gasteiger charge is 2.23. The molecule has 0 aromatic heterocycles. The van der Waals surface area contributed by atoms with Crippen LogP contribution >= 0.6 is 0 Å². The summed E-state index contributed by atoms with van der Waals surface area (Å²) in [4.78, 5) is 0. The van der Waals surface area contributed by atoms with Crippen LogP contribution < -0.4 is 0 Å². The van der Waals surface area contributed by atoms with E-state index < -0.39 is 0 Å². The van der Waals surface area contributed by atoms with Gasteiger partial charge in [-0.05, 0) is 31.1 Å². The molecule has 60 valence electrons. The fourth-order valence-corrected chi connectivity index (χ4v) is 2.04. The number of aliphatic hydroxyl groups excluding tert-OH is 1. The van der Waals surface area contributed by atoms with E-state index in [4.69, 9.17) is 0 Å². The molecule has 0 aromatic rings. The Hall–Kier alpha value is -0.0400. The average molecular weight is 142 g/mol. The number of hydrogen-bond acceptors (Lipinski definition) is 1. The third-order valence-corrected chi connectivity index (χ3v) is 2.59. The number of aliphatic hydroxyl groups is 1. The maximum Gasteiger partial charge on any atom is 0.0545 e. The van der Waals surface area contributed by atoms with E-state index in [2.05, 4.69) is 13.8 Å². The Morgan fingerprint density at radius 1 is 1.30 bits per heavy atom. The lowest BCUT2D eigenvalue weighted by Crippen LogP contribution is -2.24. The number of hydrogen-bond donors (Lipinski definition) is 1. The third kappa shape index (κ3) is 1.98. The van der Waals surface area contributed by atoms with Crippen LogP contribution in [0.1, 0.15) is 39.5 Å². The van der Waals surface area contributed by atoms with E-state index in [1.54, 1.807) is 0 Å². The van der Waals surface area contributed by atoms with Gasteiger partial charge in [0.25, 0.3) is 0 Å². The summed E-state index contributed by atoms with van der Waals surface area (Å²) in [5, 5.41) is 9.38. The lowest BCUT2D eigenvalue weighted by Gasteiger charge is -2.29. The quantitative estimate of drug-likeness (QED) is 0.595. The van der Waals surface area contributed by atoms with Crippen molar-refractivity contribution in [3.8, 4) is 0 Å². The molecule has 1 N–H and O–H groups in total. The molecule has 0 amide bonds. The van der Waals surface area contributed by atoms with Crippen molar-refractivity contribution in [1.82, 2.24) is 0 Å². The highest BCUT2D eigenvalue weighted by molar-refractivity contribution is 4.75. The predicted octanol–water partition coefficient (Wildman–Crippen LogP) is 2.19. The molecule has 0 unspecified atom stereocenters. The fraction of sp³-hybridized carbons (Fsp3) is 1.00. The summed E-state index contributed by atoms with van der Waals surface area (Å²) in [6, 6.07) is 0. The van der Waals surface area contributed by atoms with Gasteiger partial charge in [0.05, 0.1) is 6.10 Å².